The Balaban J connectivity index is 1.56. The fraction of sp³-hybridized carbons (Fsp3) is 0.0870. The zero-order chi connectivity index (χ0) is 22.8. The number of hydrazone groups is 1. The Bertz CT molecular complexity index is 1290. The maximum Gasteiger partial charge on any atom is 0.335 e. The van der Waals surface area contributed by atoms with Crippen molar-refractivity contribution in [1.29, 1.82) is 0 Å². The summed E-state index contributed by atoms with van der Waals surface area (Å²) >= 11 is 0. The molecule has 0 saturated heterocycles. The number of anilines is 1. The monoisotopic (exact) mass is 434 g/mol. The van der Waals surface area contributed by atoms with Crippen LogP contribution in [0.2, 0.25) is 0 Å². The number of hydrogen-bond acceptors (Lipinski definition) is 5. The van der Waals surface area contributed by atoms with Gasteiger partial charge in [-0.25, -0.2) is 13.6 Å². The van der Waals surface area contributed by atoms with Crippen molar-refractivity contribution in [3.63, 3.8) is 0 Å². The maximum atomic E-state index is 13.5. The lowest BCUT2D eigenvalue weighted by Crippen LogP contribution is -2.29. The summed E-state index contributed by atoms with van der Waals surface area (Å²) in [6.07, 6.45) is 0. The quantitative estimate of drug-likeness (QED) is 0.559. The van der Waals surface area contributed by atoms with Gasteiger partial charge in [-0.3, -0.25) is 4.79 Å². The second-order valence-corrected chi connectivity index (χ2v) is 7.04. The van der Waals surface area contributed by atoms with E-state index in [9.17, 15) is 23.5 Å². The van der Waals surface area contributed by atoms with Crippen LogP contribution in [0, 0.1) is 11.6 Å². The van der Waals surface area contributed by atoms with Gasteiger partial charge in [-0.2, -0.15) is 20.3 Å². The highest BCUT2D eigenvalue weighted by molar-refractivity contribution is 6.18. The van der Waals surface area contributed by atoms with Crippen molar-refractivity contribution in [2.45, 2.75) is 13.0 Å². The smallest absolute Gasteiger partial charge is 0.335 e. The molecule has 1 N–H and O–H groups in total. The molecule has 0 fully saturated rings. The first kappa shape index (κ1) is 21.0. The normalized spacial score (nSPS) is 16.0. The summed E-state index contributed by atoms with van der Waals surface area (Å²) < 4.78 is 26.7. The van der Waals surface area contributed by atoms with Gasteiger partial charge in [0.1, 0.15) is 0 Å². The molecule has 1 atom stereocenters. The van der Waals surface area contributed by atoms with Crippen LogP contribution in [0.15, 0.2) is 82.1 Å². The maximum absolute atomic E-state index is 13.5. The lowest BCUT2D eigenvalue weighted by molar-refractivity contribution is -0.117. The Hall–Kier alpha value is -4.27. The SMILES string of the molecule is CC1=NN(c2ccc(F)c(F)c2)C(=O)C1N=Nc1cccc(-c2cccc(C(=O)O)c2)c1. The van der Waals surface area contributed by atoms with Crippen LogP contribution in [-0.2, 0) is 4.79 Å². The third-order valence-electron chi connectivity index (χ3n) is 4.82. The van der Waals surface area contributed by atoms with E-state index in [1.54, 1.807) is 49.4 Å². The third-order valence-corrected chi connectivity index (χ3v) is 4.82. The van der Waals surface area contributed by atoms with E-state index < -0.39 is 29.6 Å². The topological polar surface area (TPSA) is 94.7 Å². The Morgan fingerprint density at radius 3 is 2.44 bits per heavy atom. The summed E-state index contributed by atoms with van der Waals surface area (Å²) in [6.45, 7) is 1.59. The van der Waals surface area contributed by atoms with Gasteiger partial charge in [0.15, 0.2) is 17.7 Å². The van der Waals surface area contributed by atoms with E-state index in [2.05, 4.69) is 15.3 Å². The molecule has 1 aliphatic heterocycles. The minimum atomic E-state index is -1.09. The van der Waals surface area contributed by atoms with Gasteiger partial charge in [-0.05, 0) is 54.4 Å². The molecule has 32 heavy (non-hydrogen) atoms. The highest BCUT2D eigenvalue weighted by Gasteiger charge is 2.35. The molecule has 1 heterocycles. The van der Waals surface area contributed by atoms with E-state index in [0.717, 1.165) is 22.7 Å². The second-order valence-electron chi connectivity index (χ2n) is 7.04. The average Bonchev–Trinajstić information content (AvgIpc) is 3.07. The standard InChI is InChI=1S/C23H16F2N4O3/c1-13-21(22(30)29(28-13)18-8-9-19(24)20(25)12-18)27-26-17-7-3-5-15(11-17)14-4-2-6-16(10-14)23(31)32/h2-12,21H,1H3,(H,31,32). The number of rotatable bonds is 5. The molecule has 0 radical (unpaired) electrons. The van der Waals surface area contributed by atoms with Crippen molar-refractivity contribution in [3.05, 3.63) is 83.9 Å². The van der Waals surface area contributed by atoms with Crippen LogP contribution < -0.4 is 5.01 Å². The van der Waals surface area contributed by atoms with E-state index in [1.165, 1.54) is 12.1 Å². The number of aromatic carboxylic acids is 1. The zero-order valence-corrected chi connectivity index (χ0v) is 16.7. The molecule has 3 aromatic rings. The summed E-state index contributed by atoms with van der Waals surface area (Å²) in [5, 5.41) is 22.5. The Labute approximate surface area is 181 Å². The molecule has 9 heteroatoms. The van der Waals surface area contributed by atoms with Crippen molar-refractivity contribution in [2.75, 3.05) is 5.01 Å². The molecule has 0 aromatic heterocycles. The fourth-order valence-corrected chi connectivity index (χ4v) is 3.19. The van der Waals surface area contributed by atoms with E-state index in [-0.39, 0.29) is 11.3 Å². The molecule has 1 unspecified atom stereocenters. The summed E-state index contributed by atoms with van der Waals surface area (Å²) in [7, 11) is 0. The van der Waals surface area contributed by atoms with Gasteiger partial charge in [0.2, 0.25) is 0 Å². The van der Waals surface area contributed by atoms with Crippen molar-refractivity contribution >= 4 is 29.0 Å². The van der Waals surface area contributed by atoms with E-state index in [1.807, 2.05) is 0 Å². The number of nitrogens with zero attached hydrogens (tertiary/aromatic N) is 4. The van der Waals surface area contributed by atoms with E-state index in [0.29, 0.717) is 17.0 Å². The second kappa shape index (κ2) is 8.46. The molecule has 0 saturated carbocycles. The number of carboxylic acids is 1. The largest absolute Gasteiger partial charge is 0.478 e. The first-order valence-electron chi connectivity index (χ1n) is 9.52. The van der Waals surface area contributed by atoms with Crippen molar-refractivity contribution < 1.29 is 23.5 Å². The Morgan fingerprint density at radius 1 is 1.00 bits per heavy atom. The minimum Gasteiger partial charge on any atom is -0.478 e. The van der Waals surface area contributed by atoms with Crippen LogP contribution >= 0.6 is 0 Å². The number of azo groups is 1. The van der Waals surface area contributed by atoms with Crippen LogP contribution in [0.4, 0.5) is 20.2 Å². The number of benzene rings is 3. The van der Waals surface area contributed by atoms with E-state index in [4.69, 9.17) is 0 Å². The molecule has 0 bridgehead atoms. The van der Waals surface area contributed by atoms with Gasteiger partial charge in [-0.1, -0.05) is 24.3 Å². The van der Waals surface area contributed by atoms with Gasteiger partial charge >= 0.3 is 5.97 Å². The molecule has 160 valence electrons. The van der Waals surface area contributed by atoms with Gasteiger partial charge in [0, 0.05) is 6.07 Å². The number of hydrogen-bond donors (Lipinski definition) is 1. The van der Waals surface area contributed by atoms with Crippen LogP contribution in [-0.4, -0.2) is 28.7 Å². The minimum absolute atomic E-state index is 0.0891. The third kappa shape index (κ3) is 4.13. The lowest BCUT2D eigenvalue weighted by Gasteiger charge is -2.12. The molecule has 1 amide bonds. The van der Waals surface area contributed by atoms with Crippen LogP contribution in [0.25, 0.3) is 11.1 Å². The molecular weight excluding hydrogens is 418 g/mol. The van der Waals surface area contributed by atoms with Gasteiger partial charge in [0.05, 0.1) is 22.6 Å². The van der Waals surface area contributed by atoms with Gasteiger partial charge < -0.3 is 5.11 Å². The van der Waals surface area contributed by atoms with Gasteiger partial charge in [-0.15, -0.1) is 0 Å². The predicted octanol–water partition coefficient (Wildman–Crippen LogP) is 5.21. The zero-order valence-electron chi connectivity index (χ0n) is 16.7. The van der Waals surface area contributed by atoms with Crippen LogP contribution in [0.1, 0.15) is 17.3 Å². The number of carboxylic acid groups (broad SMARTS) is 1. The van der Waals surface area contributed by atoms with Crippen molar-refractivity contribution in [1.82, 2.24) is 0 Å². The lowest BCUT2D eigenvalue weighted by atomic mass is 10.0. The average molecular weight is 434 g/mol. The summed E-state index contributed by atoms with van der Waals surface area (Å²) in [5.74, 6) is -3.67. The fourth-order valence-electron chi connectivity index (χ4n) is 3.19. The van der Waals surface area contributed by atoms with Crippen LogP contribution in [0.5, 0.6) is 0 Å². The molecule has 3 aromatic carbocycles. The summed E-state index contributed by atoms with van der Waals surface area (Å²) in [5.41, 5.74) is 2.49. The predicted molar refractivity (Wildman–Crippen MR) is 114 cm³/mol. The highest BCUT2D eigenvalue weighted by atomic mass is 19.2. The molecular formula is C23H16F2N4O3. The number of carbonyl (C=O) groups excluding carboxylic acids is 1. The molecule has 7 nitrogen and oxygen atoms in total. The summed E-state index contributed by atoms with van der Waals surface area (Å²) in [4.78, 5) is 23.9. The number of halogens is 2. The van der Waals surface area contributed by atoms with E-state index >= 15 is 0 Å². The first-order chi connectivity index (χ1) is 15.3. The van der Waals surface area contributed by atoms with Crippen molar-refractivity contribution in [2.24, 2.45) is 15.3 Å². The number of amides is 1. The summed E-state index contributed by atoms with van der Waals surface area (Å²) in [6, 6.07) is 15.5. The molecule has 0 spiro atoms. The Morgan fingerprint density at radius 2 is 1.72 bits per heavy atom. The molecule has 1 aliphatic rings. The molecule has 0 aliphatic carbocycles. The number of carbonyl (C=O) groups is 2. The van der Waals surface area contributed by atoms with Crippen LogP contribution in [0.3, 0.4) is 0 Å². The highest BCUT2D eigenvalue weighted by Crippen LogP contribution is 2.27. The molecule has 4 rings (SSSR count). The van der Waals surface area contributed by atoms with Gasteiger partial charge in [0.25, 0.3) is 5.91 Å². The van der Waals surface area contributed by atoms with Crippen molar-refractivity contribution in [3.8, 4) is 11.1 Å². The first-order valence-corrected chi connectivity index (χ1v) is 9.52. The Kier molecular flexibility index (Phi) is 5.55.